The van der Waals surface area contributed by atoms with Gasteiger partial charge in [-0.05, 0) is 48.2 Å². The fraction of sp³-hybridized carbons (Fsp3) is 0.324. The minimum Gasteiger partial charge on any atom is -0.481 e. The molecule has 2 aromatic carbocycles. The number of aromatic nitrogens is 3. The number of benzene rings is 2. The molecule has 1 aliphatic heterocycles. The molecule has 3 atom stereocenters. The Morgan fingerprint density at radius 1 is 1.11 bits per heavy atom. The summed E-state index contributed by atoms with van der Waals surface area (Å²) in [6.07, 6.45) is 3.28. The number of amides is 2. The van der Waals surface area contributed by atoms with E-state index in [1.165, 1.54) is 19.3 Å². The molecule has 2 aliphatic rings. The third-order valence-electron chi connectivity index (χ3n) is 8.78. The Labute approximate surface area is 271 Å². The SMILES string of the molecule is COc1nc(-c2cccc(-c3cccc(NC(=O)c4ccnn(C)c4=O)c3C)c2Cl)cc2c1[C@@H](NC[C@@H]1CCC(=O)N1)[C@H](OC)C2. The van der Waals surface area contributed by atoms with Crippen molar-refractivity contribution < 1.29 is 19.1 Å². The summed E-state index contributed by atoms with van der Waals surface area (Å²) in [5.41, 5.74) is 5.83. The van der Waals surface area contributed by atoms with Gasteiger partial charge in [-0.2, -0.15) is 5.10 Å². The number of pyridine rings is 1. The molecular formula is C34H35ClN6O5. The molecule has 0 bridgehead atoms. The van der Waals surface area contributed by atoms with Crippen LogP contribution < -0.4 is 26.2 Å². The van der Waals surface area contributed by atoms with Gasteiger partial charge in [0.25, 0.3) is 11.5 Å². The maximum Gasteiger partial charge on any atom is 0.279 e. The van der Waals surface area contributed by atoms with Gasteiger partial charge in [-0.15, -0.1) is 0 Å². The van der Waals surface area contributed by atoms with Gasteiger partial charge in [0, 0.05) is 68.2 Å². The maximum absolute atomic E-state index is 13.0. The highest BCUT2D eigenvalue weighted by atomic mass is 35.5. The van der Waals surface area contributed by atoms with Crippen molar-refractivity contribution >= 4 is 29.1 Å². The van der Waals surface area contributed by atoms with Gasteiger partial charge >= 0.3 is 0 Å². The second-order valence-electron chi connectivity index (χ2n) is 11.5. The molecule has 3 heterocycles. The monoisotopic (exact) mass is 642 g/mol. The highest BCUT2D eigenvalue weighted by Gasteiger charge is 2.37. The fourth-order valence-corrected chi connectivity index (χ4v) is 6.64. The van der Waals surface area contributed by atoms with Crippen molar-refractivity contribution in [3.63, 3.8) is 0 Å². The standard InChI is InChI=1S/C34H35ClN6O5/c1-18-21(7-6-10-25(18)39-32(43)24-13-14-37-41(2)34(24)44)22-8-5-9-23(30(22)35)26-15-19-16-27(45-3)31(29(19)33(40-26)46-4)36-17-20-11-12-28(42)38-20/h5-10,13-15,20,27,31,36H,11-12,16-17H2,1-4H3,(H,38,42)(H,39,43)/t20-,27+,31-/m0/s1. The van der Waals surface area contributed by atoms with Crippen molar-refractivity contribution in [2.75, 3.05) is 26.1 Å². The third-order valence-corrected chi connectivity index (χ3v) is 9.18. The zero-order valence-corrected chi connectivity index (χ0v) is 26.8. The van der Waals surface area contributed by atoms with E-state index in [1.54, 1.807) is 20.3 Å². The van der Waals surface area contributed by atoms with E-state index < -0.39 is 11.5 Å². The van der Waals surface area contributed by atoms with Gasteiger partial charge in [0.05, 0.1) is 30.0 Å². The van der Waals surface area contributed by atoms with Crippen LogP contribution in [0, 0.1) is 6.92 Å². The molecule has 1 fully saturated rings. The lowest BCUT2D eigenvalue weighted by atomic mass is 9.96. The van der Waals surface area contributed by atoms with Crippen molar-refractivity contribution in [2.45, 2.75) is 44.4 Å². The van der Waals surface area contributed by atoms with Crippen molar-refractivity contribution in [3.05, 3.63) is 92.4 Å². The Hall–Kier alpha value is -4.58. The number of hydrogen-bond donors (Lipinski definition) is 3. The number of hydrogen-bond acceptors (Lipinski definition) is 8. The van der Waals surface area contributed by atoms with Gasteiger partial charge in [-0.1, -0.05) is 41.9 Å². The number of nitrogens with one attached hydrogen (secondary N) is 3. The van der Waals surface area contributed by atoms with Crippen LogP contribution in [0.5, 0.6) is 5.88 Å². The zero-order valence-electron chi connectivity index (χ0n) is 26.0. The van der Waals surface area contributed by atoms with E-state index in [-0.39, 0.29) is 29.7 Å². The van der Waals surface area contributed by atoms with E-state index in [4.69, 9.17) is 26.1 Å². The molecule has 46 heavy (non-hydrogen) atoms. The number of aryl methyl sites for hydroxylation is 1. The molecule has 12 heteroatoms. The van der Waals surface area contributed by atoms with Crippen molar-refractivity contribution in [1.29, 1.82) is 0 Å². The van der Waals surface area contributed by atoms with E-state index in [9.17, 15) is 14.4 Å². The van der Waals surface area contributed by atoms with Crippen LogP contribution in [0.4, 0.5) is 5.69 Å². The summed E-state index contributed by atoms with van der Waals surface area (Å²) < 4.78 is 12.8. The summed E-state index contributed by atoms with van der Waals surface area (Å²) in [5.74, 6) is 0.0472. The van der Waals surface area contributed by atoms with E-state index >= 15 is 0 Å². The van der Waals surface area contributed by atoms with Crippen LogP contribution in [0.15, 0.2) is 59.5 Å². The fourth-order valence-electron chi connectivity index (χ4n) is 6.32. The van der Waals surface area contributed by atoms with E-state index in [1.807, 2.05) is 43.3 Å². The van der Waals surface area contributed by atoms with Crippen LogP contribution in [0.2, 0.25) is 5.02 Å². The number of ether oxygens (including phenoxy) is 2. The molecule has 0 unspecified atom stereocenters. The second-order valence-corrected chi connectivity index (χ2v) is 11.9. The van der Waals surface area contributed by atoms with Crippen LogP contribution in [0.1, 0.15) is 45.9 Å². The largest absolute Gasteiger partial charge is 0.481 e. The number of rotatable bonds is 9. The first-order valence-electron chi connectivity index (χ1n) is 15.1. The number of nitrogens with zero attached hydrogens (tertiary/aromatic N) is 3. The molecule has 6 rings (SSSR count). The first-order valence-corrected chi connectivity index (χ1v) is 15.4. The van der Waals surface area contributed by atoms with Gasteiger partial charge in [0.2, 0.25) is 11.8 Å². The molecule has 4 aromatic rings. The number of carbonyl (C=O) groups is 2. The average molecular weight is 643 g/mol. The molecule has 11 nitrogen and oxygen atoms in total. The summed E-state index contributed by atoms with van der Waals surface area (Å²) in [6.45, 7) is 2.51. The van der Waals surface area contributed by atoms with E-state index in [2.05, 4.69) is 21.0 Å². The van der Waals surface area contributed by atoms with E-state index in [0.717, 1.165) is 44.5 Å². The smallest absolute Gasteiger partial charge is 0.279 e. The minimum absolute atomic E-state index is 0.00239. The van der Waals surface area contributed by atoms with Crippen LogP contribution in [0.25, 0.3) is 22.4 Å². The lowest BCUT2D eigenvalue weighted by Gasteiger charge is -2.23. The summed E-state index contributed by atoms with van der Waals surface area (Å²) in [4.78, 5) is 42.1. The summed E-state index contributed by atoms with van der Waals surface area (Å²) in [7, 11) is 4.79. The molecule has 2 amide bonds. The van der Waals surface area contributed by atoms with Crippen LogP contribution in [-0.4, -0.2) is 59.5 Å². The normalized spacial score (nSPS) is 18.7. The lowest BCUT2D eigenvalue weighted by molar-refractivity contribution is -0.119. The maximum atomic E-state index is 13.0. The zero-order chi connectivity index (χ0) is 32.5. The number of methoxy groups -OCH3 is 2. The average Bonchev–Trinajstić information content (AvgIpc) is 3.64. The predicted molar refractivity (Wildman–Crippen MR) is 175 cm³/mol. The van der Waals surface area contributed by atoms with Gasteiger partial charge < -0.3 is 25.4 Å². The quantitative estimate of drug-likeness (QED) is 0.247. The number of fused-ring (bicyclic) bond motifs is 1. The third kappa shape index (κ3) is 5.89. The number of halogens is 1. The summed E-state index contributed by atoms with van der Waals surface area (Å²) >= 11 is 7.12. The Bertz CT molecular complexity index is 1890. The predicted octanol–water partition coefficient (Wildman–Crippen LogP) is 4.21. The van der Waals surface area contributed by atoms with Crippen molar-refractivity contribution in [2.24, 2.45) is 7.05 Å². The number of anilines is 1. The lowest BCUT2D eigenvalue weighted by Crippen LogP contribution is -2.40. The Morgan fingerprint density at radius 3 is 2.61 bits per heavy atom. The van der Waals surface area contributed by atoms with Crippen LogP contribution in [0.3, 0.4) is 0 Å². The van der Waals surface area contributed by atoms with Gasteiger partial charge in [-0.25, -0.2) is 9.67 Å². The molecule has 0 radical (unpaired) electrons. The Balaban J connectivity index is 1.31. The molecule has 0 saturated carbocycles. The first-order chi connectivity index (χ1) is 22.2. The molecular weight excluding hydrogens is 608 g/mol. The van der Waals surface area contributed by atoms with Crippen LogP contribution in [-0.2, 0) is 23.0 Å². The van der Waals surface area contributed by atoms with Gasteiger partial charge in [-0.3, -0.25) is 14.4 Å². The van der Waals surface area contributed by atoms with Crippen molar-refractivity contribution in [1.82, 2.24) is 25.4 Å². The highest BCUT2D eigenvalue weighted by Crippen LogP contribution is 2.43. The minimum atomic E-state index is -0.521. The first kappa shape index (κ1) is 31.4. The Morgan fingerprint density at radius 2 is 1.87 bits per heavy atom. The highest BCUT2D eigenvalue weighted by molar-refractivity contribution is 6.36. The molecule has 3 N–H and O–H groups in total. The van der Waals surface area contributed by atoms with Gasteiger partial charge in [0.1, 0.15) is 5.56 Å². The van der Waals surface area contributed by atoms with Crippen LogP contribution >= 0.6 is 11.6 Å². The molecule has 1 saturated heterocycles. The van der Waals surface area contributed by atoms with Crippen molar-refractivity contribution in [3.8, 4) is 28.3 Å². The van der Waals surface area contributed by atoms with Gasteiger partial charge in [0.15, 0.2) is 0 Å². The molecule has 0 spiro atoms. The van der Waals surface area contributed by atoms with E-state index in [0.29, 0.717) is 41.7 Å². The molecule has 1 aliphatic carbocycles. The Kier molecular flexibility index (Phi) is 8.90. The number of carbonyl (C=O) groups excluding carboxylic acids is 2. The second kappa shape index (κ2) is 13.0. The molecule has 2 aromatic heterocycles. The molecule has 238 valence electrons. The summed E-state index contributed by atoms with van der Waals surface area (Å²) in [6, 6.07) is 14.7. The summed E-state index contributed by atoms with van der Waals surface area (Å²) in [5, 5.41) is 13.8. The topological polar surface area (TPSA) is 136 Å².